The normalized spacial score (nSPS) is 13.2. The molecule has 0 radical (unpaired) electrons. The molecule has 0 bridgehead atoms. The molecule has 2 heterocycles. The lowest BCUT2D eigenvalue weighted by Gasteiger charge is -2.28. The van der Waals surface area contributed by atoms with E-state index in [1.165, 1.54) is 34.4 Å². The first-order chi connectivity index (χ1) is 12.0. The SMILES string of the molecule is CCc1nnc(NC(=O)CN2C(=O)COc3ccc(C(=O)O)cc32)s1. The van der Waals surface area contributed by atoms with Gasteiger partial charge < -0.3 is 9.84 Å². The van der Waals surface area contributed by atoms with Crippen LogP contribution >= 0.6 is 11.3 Å². The first kappa shape index (κ1) is 16.8. The molecule has 0 atom stereocenters. The number of carbonyl (C=O) groups excluding carboxylic acids is 2. The summed E-state index contributed by atoms with van der Waals surface area (Å²) < 4.78 is 5.28. The third-order valence-corrected chi connectivity index (χ3v) is 4.45. The molecule has 0 fully saturated rings. The predicted molar refractivity (Wildman–Crippen MR) is 89.2 cm³/mol. The summed E-state index contributed by atoms with van der Waals surface area (Å²) in [4.78, 5) is 36.7. The Morgan fingerprint density at radius 2 is 2.20 bits per heavy atom. The van der Waals surface area contributed by atoms with Crippen LogP contribution in [0.3, 0.4) is 0 Å². The lowest BCUT2D eigenvalue weighted by Crippen LogP contribution is -2.43. The summed E-state index contributed by atoms with van der Waals surface area (Å²) in [7, 11) is 0. The van der Waals surface area contributed by atoms with Crippen molar-refractivity contribution in [1.29, 1.82) is 0 Å². The van der Waals surface area contributed by atoms with Crippen LogP contribution in [0.1, 0.15) is 22.3 Å². The van der Waals surface area contributed by atoms with E-state index in [0.717, 1.165) is 5.01 Å². The van der Waals surface area contributed by atoms with Crippen LogP contribution < -0.4 is 15.0 Å². The van der Waals surface area contributed by atoms with Gasteiger partial charge in [-0.05, 0) is 24.6 Å². The Labute approximate surface area is 146 Å². The topological polar surface area (TPSA) is 122 Å². The van der Waals surface area contributed by atoms with E-state index in [0.29, 0.717) is 17.3 Å². The van der Waals surface area contributed by atoms with Crippen LogP contribution in [0.5, 0.6) is 5.75 Å². The molecule has 2 N–H and O–H groups in total. The van der Waals surface area contributed by atoms with Crippen molar-refractivity contribution in [3.05, 3.63) is 28.8 Å². The number of carbonyl (C=O) groups is 3. The summed E-state index contributed by atoms with van der Waals surface area (Å²) in [5.74, 6) is -1.68. The van der Waals surface area contributed by atoms with E-state index < -0.39 is 17.8 Å². The highest BCUT2D eigenvalue weighted by Gasteiger charge is 2.28. The highest BCUT2D eigenvalue weighted by molar-refractivity contribution is 7.15. The summed E-state index contributed by atoms with van der Waals surface area (Å²) in [6, 6.07) is 4.15. The monoisotopic (exact) mass is 362 g/mol. The number of aromatic carboxylic acids is 1. The quantitative estimate of drug-likeness (QED) is 0.818. The van der Waals surface area contributed by atoms with E-state index >= 15 is 0 Å². The van der Waals surface area contributed by atoms with Gasteiger partial charge in [0.1, 0.15) is 17.3 Å². The zero-order valence-electron chi connectivity index (χ0n) is 13.2. The number of carboxylic acids is 1. The Morgan fingerprint density at radius 1 is 1.40 bits per heavy atom. The van der Waals surface area contributed by atoms with Crippen LogP contribution in [0.4, 0.5) is 10.8 Å². The Kier molecular flexibility index (Phi) is 4.61. The van der Waals surface area contributed by atoms with Crippen LogP contribution in [0.15, 0.2) is 18.2 Å². The van der Waals surface area contributed by atoms with Crippen molar-refractivity contribution in [3.8, 4) is 5.75 Å². The number of nitrogens with one attached hydrogen (secondary N) is 1. The number of fused-ring (bicyclic) bond motifs is 1. The molecule has 25 heavy (non-hydrogen) atoms. The minimum atomic E-state index is -1.13. The van der Waals surface area contributed by atoms with E-state index in [1.54, 1.807) is 0 Å². The lowest BCUT2D eigenvalue weighted by atomic mass is 10.1. The average molecular weight is 362 g/mol. The van der Waals surface area contributed by atoms with Gasteiger partial charge >= 0.3 is 5.97 Å². The second kappa shape index (κ2) is 6.85. The number of hydrogen-bond donors (Lipinski definition) is 2. The molecule has 0 saturated carbocycles. The van der Waals surface area contributed by atoms with Crippen LogP contribution in [-0.2, 0) is 16.0 Å². The molecule has 10 heteroatoms. The standard InChI is InChI=1S/C15H14N4O5S/c1-2-12-17-18-15(25-12)16-11(20)6-19-9-5-8(14(22)23)3-4-10(9)24-7-13(19)21/h3-5H,2,6-7H2,1H3,(H,22,23)(H,16,18,20). The van der Waals surface area contributed by atoms with Crippen LogP contribution in [0.2, 0.25) is 0 Å². The van der Waals surface area contributed by atoms with Crippen molar-refractivity contribution in [2.45, 2.75) is 13.3 Å². The maximum absolute atomic E-state index is 12.2. The van der Waals surface area contributed by atoms with Crippen LogP contribution in [-0.4, -0.2) is 46.2 Å². The zero-order chi connectivity index (χ0) is 18.0. The Bertz CT molecular complexity index is 850. The maximum atomic E-state index is 12.2. The Morgan fingerprint density at radius 3 is 2.88 bits per heavy atom. The number of hydrogen-bond acceptors (Lipinski definition) is 7. The number of aryl methyl sites for hydroxylation is 1. The van der Waals surface area contributed by atoms with Gasteiger partial charge in [0.25, 0.3) is 5.91 Å². The molecule has 1 aromatic heterocycles. The smallest absolute Gasteiger partial charge is 0.335 e. The summed E-state index contributed by atoms with van der Waals surface area (Å²) in [5, 5.41) is 20.6. The number of anilines is 2. The predicted octanol–water partition coefficient (Wildman–Crippen LogP) is 1.16. The van der Waals surface area contributed by atoms with Gasteiger partial charge in [-0.25, -0.2) is 4.79 Å². The Balaban J connectivity index is 1.79. The minimum Gasteiger partial charge on any atom is -0.482 e. The Hall–Kier alpha value is -3.01. The van der Waals surface area contributed by atoms with Crippen molar-refractivity contribution in [3.63, 3.8) is 0 Å². The fraction of sp³-hybridized carbons (Fsp3) is 0.267. The van der Waals surface area contributed by atoms with Crippen molar-refractivity contribution >= 4 is 39.9 Å². The number of benzene rings is 1. The summed E-state index contributed by atoms with van der Waals surface area (Å²) in [6.45, 7) is 1.43. The molecule has 1 aromatic carbocycles. The second-order valence-corrected chi connectivity index (χ2v) is 6.22. The van der Waals surface area contributed by atoms with Gasteiger partial charge in [0, 0.05) is 0 Å². The molecular weight excluding hydrogens is 348 g/mol. The molecule has 1 aliphatic rings. The van der Waals surface area contributed by atoms with Crippen molar-refractivity contribution in [2.75, 3.05) is 23.4 Å². The molecule has 0 unspecified atom stereocenters. The van der Waals surface area contributed by atoms with Crippen molar-refractivity contribution in [2.24, 2.45) is 0 Å². The second-order valence-electron chi connectivity index (χ2n) is 5.16. The number of rotatable bonds is 5. The van der Waals surface area contributed by atoms with Gasteiger partial charge in [-0.2, -0.15) is 0 Å². The van der Waals surface area contributed by atoms with Gasteiger partial charge in [0.2, 0.25) is 11.0 Å². The number of ether oxygens (including phenoxy) is 1. The number of amides is 2. The first-order valence-electron chi connectivity index (χ1n) is 7.40. The van der Waals surface area contributed by atoms with E-state index in [-0.39, 0.29) is 24.4 Å². The van der Waals surface area contributed by atoms with Gasteiger partial charge in [0.15, 0.2) is 6.61 Å². The molecular formula is C15H14N4O5S. The van der Waals surface area contributed by atoms with Crippen molar-refractivity contribution in [1.82, 2.24) is 10.2 Å². The largest absolute Gasteiger partial charge is 0.482 e. The highest BCUT2D eigenvalue weighted by Crippen LogP contribution is 2.33. The molecule has 0 aliphatic carbocycles. The third-order valence-electron chi connectivity index (χ3n) is 3.47. The molecule has 0 saturated heterocycles. The molecule has 130 valence electrons. The minimum absolute atomic E-state index is 0.000769. The number of aromatic nitrogens is 2. The van der Waals surface area contributed by atoms with E-state index in [9.17, 15) is 14.4 Å². The maximum Gasteiger partial charge on any atom is 0.335 e. The van der Waals surface area contributed by atoms with Gasteiger partial charge in [-0.3, -0.25) is 19.8 Å². The highest BCUT2D eigenvalue weighted by atomic mass is 32.1. The van der Waals surface area contributed by atoms with Gasteiger partial charge in [-0.1, -0.05) is 18.3 Å². The number of carboxylic acid groups (broad SMARTS) is 1. The molecule has 9 nitrogen and oxygen atoms in total. The fourth-order valence-corrected chi connectivity index (χ4v) is 2.95. The van der Waals surface area contributed by atoms with E-state index in [1.807, 2.05) is 6.92 Å². The van der Waals surface area contributed by atoms with Crippen molar-refractivity contribution < 1.29 is 24.2 Å². The average Bonchev–Trinajstić information content (AvgIpc) is 3.04. The lowest BCUT2D eigenvalue weighted by molar-refractivity contribution is -0.123. The first-order valence-corrected chi connectivity index (χ1v) is 8.22. The van der Waals surface area contributed by atoms with E-state index in [4.69, 9.17) is 9.84 Å². The van der Waals surface area contributed by atoms with Crippen LogP contribution in [0, 0.1) is 0 Å². The third kappa shape index (κ3) is 3.58. The summed E-state index contributed by atoms with van der Waals surface area (Å²) in [6.07, 6.45) is 0.709. The molecule has 1 aliphatic heterocycles. The summed E-state index contributed by atoms with van der Waals surface area (Å²) >= 11 is 1.26. The number of nitrogens with zero attached hydrogens (tertiary/aromatic N) is 3. The molecule has 2 amide bonds. The van der Waals surface area contributed by atoms with Crippen LogP contribution in [0.25, 0.3) is 0 Å². The zero-order valence-corrected chi connectivity index (χ0v) is 14.0. The van der Waals surface area contributed by atoms with Gasteiger partial charge in [-0.15, -0.1) is 10.2 Å². The summed E-state index contributed by atoms with van der Waals surface area (Å²) in [5.41, 5.74) is 0.247. The van der Waals surface area contributed by atoms with Gasteiger partial charge in [0.05, 0.1) is 11.3 Å². The fourth-order valence-electron chi connectivity index (χ4n) is 2.26. The van der Waals surface area contributed by atoms with E-state index in [2.05, 4.69) is 15.5 Å². The molecule has 0 spiro atoms. The molecule has 2 aromatic rings. The molecule has 3 rings (SSSR count).